The van der Waals surface area contributed by atoms with E-state index in [0.717, 1.165) is 12.8 Å². The maximum atomic E-state index is 12.0. The zero-order valence-corrected chi connectivity index (χ0v) is 19.6. The van der Waals surface area contributed by atoms with Crippen LogP contribution in [-0.4, -0.2) is 65.6 Å². The minimum atomic E-state index is -3.60. The van der Waals surface area contributed by atoms with Gasteiger partial charge in [-0.2, -0.15) is 0 Å². The first-order valence-corrected chi connectivity index (χ1v) is 13.5. The van der Waals surface area contributed by atoms with Crippen molar-refractivity contribution in [1.82, 2.24) is 0 Å². The molecule has 0 aromatic rings. The highest BCUT2D eigenvalue weighted by atomic mass is 35.7. The van der Waals surface area contributed by atoms with Crippen LogP contribution in [0.3, 0.4) is 0 Å². The van der Waals surface area contributed by atoms with Crippen molar-refractivity contribution in [3.63, 3.8) is 0 Å². The first kappa shape index (κ1) is 27.3. The molecule has 174 valence electrons. The predicted octanol–water partition coefficient (Wildman–Crippen LogP) is 5.35. The van der Waals surface area contributed by atoms with Crippen molar-refractivity contribution in [1.29, 1.82) is 0 Å². The number of unbranched alkanes of at least 4 members (excludes halogenated alkanes) is 7. The van der Waals surface area contributed by atoms with Crippen molar-refractivity contribution in [2.24, 2.45) is 0 Å². The predicted molar refractivity (Wildman–Crippen MR) is 115 cm³/mol. The molecule has 0 aliphatic carbocycles. The summed E-state index contributed by atoms with van der Waals surface area (Å²) in [6.45, 7) is 1.86. The van der Waals surface area contributed by atoms with Crippen LogP contribution in [0.5, 0.6) is 0 Å². The summed E-state index contributed by atoms with van der Waals surface area (Å²) < 4.78 is 44.5. The Labute approximate surface area is 181 Å². The van der Waals surface area contributed by atoms with E-state index in [9.17, 15) is 4.57 Å². The quantitative estimate of drug-likeness (QED) is 0.340. The minimum Gasteiger partial charge on any atom is -0.377 e. The van der Waals surface area contributed by atoms with Crippen LogP contribution in [0.25, 0.3) is 0 Å². The Kier molecular flexibility index (Phi) is 17.9. The summed E-state index contributed by atoms with van der Waals surface area (Å²) in [7, 11) is 0. The molecule has 1 aliphatic rings. The van der Waals surface area contributed by atoms with Gasteiger partial charge in [-0.05, 0) is 6.42 Å². The number of ether oxygens (including phenoxy) is 4. The average molecular weight is 459 g/mol. The van der Waals surface area contributed by atoms with Gasteiger partial charge in [0.2, 0.25) is 0 Å². The van der Waals surface area contributed by atoms with Gasteiger partial charge in [0.15, 0.2) is 0 Å². The van der Waals surface area contributed by atoms with Crippen LogP contribution >= 0.6 is 18.2 Å². The molecule has 1 heterocycles. The summed E-state index contributed by atoms with van der Waals surface area (Å²) in [5.41, 5.74) is 0. The van der Waals surface area contributed by atoms with E-state index in [2.05, 4.69) is 6.92 Å². The molecular formula is C20H40ClO7P. The fraction of sp³-hybridized carbons (Fsp3) is 1.00. The summed E-state index contributed by atoms with van der Waals surface area (Å²) in [4.78, 5) is 0. The third kappa shape index (κ3) is 17.6. The summed E-state index contributed by atoms with van der Waals surface area (Å²) in [5.74, 6) is 0. The Morgan fingerprint density at radius 2 is 1.24 bits per heavy atom. The SMILES string of the molecule is CCCCCCCCCCC1COCCOCCOCCOP(=O)(Cl)OCCO1. The molecule has 0 radical (unpaired) electrons. The Morgan fingerprint density at radius 1 is 0.724 bits per heavy atom. The highest BCUT2D eigenvalue weighted by molar-refractivity contribution is 7.81. The molecule has 1 fully saturated rings. The van der Waals surface area contributed by atoms with Gasteiger partial charge in [0.25, 0.3) is 0 Å². The van der Waals surface area contributed by atoms with Crippen molar-refractivity contribution in [2.75, 3.05) is 59.5 Å². The summed E-state index contributed by atoms with van der Waals surface area (Å²) >= 11 is 5.78. The maximum Gasteiger partial charge on any atom is 0.424 e. The molecule has 7 nitrogen and oxygen atoms in total. The second-order valence-corrected chi connectivity index (χ2v) is 9.77. The van der Waals surface area contributed by atoms with Crippen LogP contribution < -0.4 is 0 Å². The van der Waals surface area contributed by atoms with Gasteiger partial charge in [-0.1, -0.05) is 58.3 Å². The fourth-order valence-corrected chi connectivity index (χ4v) is 4.05. The molecule has 29 heavy (non-hydrogen) atoms. The first-order chi connectivity index (χ1) is 14.1. The van der Waals surface area contributed by atoms with Crippen LogP contribution in [0.2, 0.25) is 0 Å². The van der Waals surface area contributed by atoms with E-state index in [1.54, 1.807) is 0 Å². The molecular weight excluding hydrogens is 419 g/mol. The Morgan fingerprint density at radius 3 is 1.90 bits per heavy atom. The molecule has 0 aromatic carbocycles. The Bertz CT molecular complexity index is 414. The largest absolute Gasteiger partial charge is 0.424 e. The number of hydrogen-bond acceptors (Lipinski definition) is 7. The molecule has 1 aliphatic heterocycles. The van der Waals surface area contributed by atoms with Crippen LogP contribution in [0.1, 0.15) is 64.7 Å². The summed E-state index contributed by atoms with van der Waals surface area (Å²) in [6, 6.07) is 0. The van der Waals surface area contributed by atoms with Gasteiger partial charge < -0.3 is 18.9 Å². The van der Waals surface area contributed by atoms with Gasteiger partial charge in [0.1, 0.15) is 0 Å². The third-order valence-corrected chi connectivity index (χ3v) is 6.15. The highest BCUT2D eigenvalue weighted by Gasteiger charge is 2.21. The number of hydrogen-bond donors (Lipinski definition) is 0. The second-order valence-electron chi connectivity index (χ2n) is 7.15. The monoisotopic (exact) mass is 458 g/mol. The zero-order valence-electron chi connectivity index (χ0n) is 18.0. The topological polar surface area (TPSA) is 72.5 Å². The van der Waals surface area contributed by atoms with E-state index in [4.69, 9.17) is 39.2 Å². The van der Waals surface area contributed by atoms with E-state index in [1.807, 2.05) is 0 Å². The van der Waals surface area contributed by atoms with Crippen LogP contribution in [0.15, 0.2) is 0 Å². The molecule has 0 N–H and O–H groups in total. The van der Waals surface area contributed by atoms with Gasteiger partial charge >= 0.3 is 6.95 Å². The third-order valence-electron chi connectivity index (χ3n) is 4.58. The highest BCUT2D eigenvalue weighted by Crippen LogP contribution is 2.53. The first-order valence-electron chi connectivity index (χ1n) is 11.1. The van der Waals surface area contributed by atoms with Gasteiger partial charge in [-0.15, -0.1) is 0 Å². The van der Waals surface area contributed by atoms with Gasteiger partial charge in [0.05, 0.1) is 65.6 Å². The standard InChI is InChI=1S/C20H40ClO7P/c1-2-3-4-5-6-7-8-9-10-20-19-25-14-13-23-11-12-24-15-17-27-29(21,22)28-18-16-26-20/h20H,2-19H2,1H3. The normalized spacial score (nSPS) is 26.8. The zero-order chi connectivity index (χ0) is 21.0. The fourth-order valence-electron chi connectivity index (χ4n) is 2.98. The second kappa shape index (κ2) is 19.0. The molecule has 1 rings (SSSR count). The number of halogens is 1. The van der Waals surface area contributed by atoms with Gasteiger partial charge in [0, 0.05) is 11.2 Å². The van der Waals surface area contributed by atoms with Crippen molar-refractivity contribution in [3.8, 4) is 0 Å². The number of rotatable bonds is 9. The van der Waals surface area contributed by atoms with E-state index >= 15 is 0 Å². The van der Waals surface area contributed by atoms with Gasteiger partial charge in [-0.25, -0.2) is 4.57 Å². The van der Waals surface area contributed by atoms with Crippen LogP contribution in [0.4, 0.5) is 0 Å². The maximum absolute atomic E-state index is 12.0. The molecule has 2 unspecified atom stereocenters. The van der Waals surface area contributed by atoms with E-state index < -0.39 is 6.95 Å². The Balaban J connectivity index is 2.28. The van der Waals surface area contributed by atoms with E-state index in [0.29, 0.717) is 33.0 Å². The summed E-state index contributed by atoms with van der Waals surface area (Å²) in [6.07, 6.45) is 11.1. The molecule has 0 bridgehead atoms. The van der Waals surface area contributed by atoms with Crippen molar-refractivity contribution >= 4 is 18.2 Å². The molecule has 9 heteroatoms. The minimum absolute atomic E-state index is 0.0201. The Hall–Kier alpha value is 0.280. The lowest BCUT2D eigenvalue weighted by atomic mass is 10.1. The van der Waals surface area contributed by atoms with Crippen molar-refractivity contribution < 1.29 is 32.6 Å². The molecule has 0 spiro atoms. The van der Waals surface area contributed by atoms with Crippen LogP contribution in [-0.2, 0) is 32.6 Å². The smallest absolute Gasteiger partial charge is 0.377 e. The molecule has 2 atom stereocenters. The van der Waals surface area contributed by atoms with E-state index in [1.165, 1.54) is 44.9 Å². The van der Waals surface area contributed by atoms with Crippen molar-refractivity contribution in [3.05, 3.63) is 0 Å². The molecule has 0 saturated carbocycles. The van der Waals surface area contributed by atoms with Crippen molar-refractivity contribution in [2.45, 2.75) is 70.8 Å². The van der Waals surface area contributed by atoms with E-state index in [-0.39, 0.29) is 32.5 Å². The molecule has 0 aromatic heterocycles. The molecule has 1 saturated heterocycles. The summed E-state index contributed by atoms with van der Waals surface area (Å²) in [5, 5.41) is 0. The lowest BCUT2D eigenvalue weighted by Crippen LogP contribution is -2.23. The lowest BCUT2D eigenvalue weighted by molar-refractivity contribution is -0.0441. The van der Waals surface area contributed by atoms with Gasteiger partial charge in [-0.3, -0.25) is 9.05 Å². The average Bonchev–Trinajstić information content (AvgIpc) is 2.70. The molecule has 0 amide bonds. The van der Waals surface area contributed by atoms with Crippen LogP contribution in [0, 0.1) is 0 Å². The lowest BCUT2D eigenvalue weighted by Gasteiger charge is -2.19.